The summed E-state index contributed by atoms with van der Waals surface area (Å²) in [7, 11) is 0. The van der Waals surface area contributed by atoms with Gasteiger partial charge in [0.25, 0.3) is 0 Å². The van der Waals surface area contributed by atoms with E-state index in [9.17, 15) is 8.78 Å². The number of rotatable bonds is 4. The minimum atomic E-state index is -0.416. The number of benzene rings is 2. The van der Waals surface area contributed by atoms with E-state index in [4.69, 9.17) is 10.5 Å². The van der Waals surface area contributed by atoms with Crippen molar-refractivity contribution < 1.29 is 13.5 Å². The molecule has 0 bridgehead atoms. The summed E-state index contributed by atoms with van der Waals surface area (Å²) in [5.74, 6) is -0.402. The summed E-state index contributed by atoms with van der Waals surface area (Å²) in [6.07, 6.45) is 0. The Morgan fingerprint density at radius 1 is 1.11 bits per heavy atom. The van der Waals surface area contributed by atoms with E-state index in [1.54, 1.807) is 37.3 Å². The Bertz CT molecular complexity index is 570. The first kappa shape index (κ1) is 13.5. The molecule has 0 heterocycles. The molecule has 0 fully saturated rings. The quantitative estimate of drug-likeness (QED) is 0.915. The molecule has 0 saturated heterocycles. The van der Waals surface area contributed by atoms with E-state index >= 15 is 0 Å². The van der Waals surface area contributed by atoms with Gasteiger partial charge < -0.3 is 10.5 Å². The van der Waals surface area contributed by atoms with Crippen LogP contribution in [0.1, 0.15) is 24.1 Å². The van der Waals surface area contributed by atoms with Crippen LogP contribution in [0.15, 0.2) is 42.5 Å². The van der Waals surface area contributed by atoms with Gasteiger partial charge in [-0.1, -0.05) is 24.3 Å². The molecule has 1 atom stereocenters. The minimum Gasteiger partial charge on any atom is -0.489 e. The van der Waals surface area contributed by atoms with Gasteiger partial charge in [0.1, 0.15) is 24.0 Å². The normalized spacial score (nSPS) is 12.2. The molecule has 0 aliphatic heterocycles. The topological polar surface area (TPSA) is 35.2 Å². The summed E-state index contributed by atoms with van der Waals surface area (Å²) in [5.41, 5.74) is 6.48. The third-order valence-electron chi connectivity index (χ3n) is 2.81. The molecule has 2 nitrogen and oxygen atoms in total. The van der Waals surface area contributed by atoms with E-state index in [0.29, 0.717) is 16.9 Å². The van der Waals surface area contributed by atoms with E-state index in [2.05, 4.69) is 0 Å². The van der Waals surface area contributed by atoms with Crippen molar-refractivity contribution in [3.05, 3.63) is 65.2 Å². The molecule has 19 heavy (non-hydrogen) atoms. The van der Waals surface area contributed by atoms with Gasteiger partial charge in [-0.2, -0.15) is 0 Å². The van der Waals surface area contributed by atoms with Crippen molar-refractivity contribution in [3.8, 4) is 5.75 Å². The molecule has 2 N–H and O–H groups in total. The van der Waals surface area contributed by atoms with Crippen molar-refractivity contribution >= 4 is 0 Å². The molecule has 0 unspecified atom stereocenters. The van der Waals surface area contributed by atoms with Crippen LogP contribution in [0.5, 0.6) is 5.75 Å². The van der Waals surface area contributed by atoms with Crippen LogP contribution in [0.25, 0.3) is 0 Å². The summed E-state index contributed by atoms with van der Waals surface area (Å²) in [4.78, 5) is 0. The van der Waals surface area contributed by atoms with E-state index in [1.807, 2.05) is 0 Å². The van der Waals surface area contributed by atoms with Crippen molar-refractivity contribution in [2.24, 2.45) is 5.73 Å². The van der Waals surface area contributed by atoms with Gasteiger partial charge in [0.05, 0.1) is 0 Å². The number of halogens is 2. The van der Waals surface area contributed by atoms with Crippen LogP contribution in [0.3, 0.4) is 0 Å². The van der Waals surface area contributed by atoms with Crippen molar-refractivity contribution in [1.29, 1.82) is 0 Å². The molecule has 0 aromatic heterocycles. The summed E-state index contributed by atoms with van der Waals surface area (Å²) in [5, 5.41) is 0. The Balaban J connectivity index is 2.08. The lowest BCUT2D eigenvalue weighted by Gasteiger charge is -2.10. The van der Waals surface area contributed by atoms with Crippen LogP contribution in [-0.2, 0) is 6.61 Å². The third kappa shape index (κ3) is 3.29. The summed E-state index contributed by atoms with van der Waals surface area (Å²) < 4.78 is 32.4. The zero-order chi connectivity index (χ0) is 13.8. The zero-order valence-electron chi connectivity index (χ0n) is 10.6. The molecule has 0 aliphatic carbocycles. The van der Waals surface area contributed by atoms with Gasteiger partial charge >= 0.3 is 0 Å². The van der Waals surface area contributed by atoms with E-state index in [1.165, 1.54) is 12.1 Å². The standard InChI is InChI=1S/C15H15F2NO/c1-10(18)13-7-6-12(8-15(13)17)19-9-11-4-2-3-5-14(11)16/h2-8,10H,9,18H2,1H3/t10-/m1/s1. The number of hydrogen-bond acceptors (Lipinski definition) is 2. The van der Waals surface area contributed by atoms with Gasteiger partial charge in [-0.05, 0) is 19.1 Å². The molecule has 0 amide bonds. The maximum absolute atomic E-state index is 13.7. The van der Waals surface area contributed by atoms with Gasteiger partial charge in [-0.15, -0.1) is 0 Å². The number of nitrogens with two attached hydrogens (primary N) is 1. The van der Waals surface area contributed by atoms with Crippen LogP contribution < -0.4 is 10.5 Å². The molecule has 4 heteroatoms. The van der Waals surface area contributed by atoms with Crippen molar-refractivity contribution in [3.63, 3.8) is 0 Å². The molecular formula is C15H15F2NO. The lowest BCUT2D eigenvalue weighted by molar-refractivity contribution is 0.298. The lowest BCUT2D eigenvalue weighted by Crippen LogP contribution is -2.07. The Morgan fingerprint density at radius 2 is 1.84 bits per heavy atom. The molecule has 0 aliphatic rings. The van der Waals surface area contributed by atoms with Gasteiger partial charge in [0.2, 0.25) is 0 Å². The van der Waals surface area contributed by atoms with Crippen LogP contribution >= 0.6 is 0 Å². The van der Waals surface area contributed by atoms with Gasteiger partial charge in [0, 0.05) is 23.2 Å². The fourth-order valence-electron chi connectivity index (χ4n) is 1.74. The summed E-state index contributed by atoms with van der Waals surface area (Å²) in [6, 6.07) is 10.4. The molecule has 100 valence electrons. The van der Waals surface area contributed by atoms with Crippen molar-refractivity contribution in [1.82, 2.24) is 0 Å². The second kappa shape index (κ2) is 5.80. The first-order valence-corrected chi connectivity index (χ1v) is 5.99. The van der Waals surface area contributed by atoms with Gasteiger partial charge in [-0.25, -0.2) is 8.78 Å². The average molecular weight is 263 g/mol. The summed E-state index contributed by atoms with van der Waals surface area (Å²) >= 11 is 0. The average Bonchev–Trinajstić information content (AvgIpc) is 2.37. The SMILES string of the molecule is C[C@@H](N)c1ccc(OCc2ccccc2F)cc1F. The van der Waals surface area contributed by atoms with E-state index in [0.717, 1.165) is 0 Å². The fraction of sp³-hybridized carbons (Fsp3) is 0.200. The van der Waals surface area contributed by atoms with Gasteiger partial charge in [-0.3, -0.25) is 0 Å². The van der Waals surface area contributed by atoms with Crippen LogP contribution in [0.4, 0.5) is 8.78 Å². The smallest absolute Gasteiger partial charge is 0.131 e. The maximum Gasteiger partial charge on any atom is 0.131 e. The first-order chi connectivity index (χ1) is 9.08. The molecule has 2 aromatic rings. The number of hydrogen-bond donors (Lipinski definition) is 1. The Labute approximate surface area is 110 Å². The van der Waals surface area contributed by atoms with Crippen LogP contribution in [0.2, 0.25) is 0 Å². The Kier molecular flexibility index (Phi) is 4.12. The third-order valence-corrected chi connectivity index (χ3v) is 2.81. The monoisotopic (exact) mass is 263 g/mol. The molecule has 0 radical (unpaired) electrons. The van der Waals surface area contributed by atoms with E-state index in [-0.39, 0.29) is 18.5 Å². The van der Waals surface area contributed by atoms with Gasteiger partial charge in [0.15, 0.2) is 0 Å². The maximum atomic E-state index is 13.7. The fourth-order valence-corrected chi connectivity index (χ4v) is 1.74. The predicted octanol–water partition coefficient (Wildman–Crippen LogP) is 3.56. The highest BCUT2D eigenvalue weighted by Crippen LogP contribution is 2.21. The largest absolute Gasteiger partial charge is 0.489 e. The highest BCUT2D eigenvalue weighted by Gasteiger charge is 2.08. The number of ether oxygens (including phenoxy) is 1. The molecule has 2 rings (SSSR count). The summed E-state index contributed by atoms with van der Waals surface area (Å²) in [6.45, 7) is 1.77. The van der Waals surface area contributed by atoms with Crippen molar-refractivity contribution in [2.45, 2.75) is 19.6 Å². The Hall–Kier alpha value is -1.94. The zero-order valence-corrected chi connectivity index (χ0v) is 10.6. The molecule has 0 spiro atoms. The molecular weight excluding hydrogens is 248 g/mol. The minimum absolute atomic E-state index is 0.0592. The van der Waals surface area contributed by atoms with Crippen LogP contribution in [-0.4, -0.2) is 0 Å². The highest BCUT2D eigenvalue weighted by atomic mass is 19.1. The lowest BCUT2D eigenvalue weighted by atomic mass is 10.1. The first-order valence-electron chi connectivity index (χ1n) is 5.99. The van der Waals surface area contributed by atoms with Crippen LogP contribution in [0, 0.1) is 11.6 Å². The molecule has 0 saturated carbocycles. The second-order valence-electron chi connectivity index (χ2n) is 4.35. The van der Waals surface area contributed by atoms with E-state index < -0.39 is 5.82 Å². The van der Waals surface area contributed by atoms with Crippen molar-refractivity contribution in [2.75, 3.05) is 0 Å². The second-order valence-corrected chi connectivity index (χ2v) is 4.35. The Morgan fingerprint density at radius 3 is 2.47 bits per heavy atom. The molecule has 2 aromatic carbocycles. The highest BCUT2D eigenvalue weighted by molar-refractivity contribution is 5.31. The predicted molar refractivity (Wildman–Crippen MR) is 69.7 cm³/mol.